The topological polar surface area (TPSA) is 82.7 Å². The Hall–Kier alpha value is -2.77. The van der Waals surface area contributed by atoms with Crippen LogP contribution in [0.3, 0.4) is 0 Å². The Labute approximate surface area is 189 Å². The van der Waals surface area contributed by atoms with Crippen molar-refractivity contribution in [3.8, 4) is 0 Å². The van der Waals surface area contributed by atoms with E-state index >= 15 is 0 Å². The predicted octanol–water partition coefficient (Wildman–Crippen LogP) is 3.97. The van der Waals surface area contributed by atoms with E-state index in [0.29, 0.717) is 40.7 Å². The van der Waals surface area contributed by atoms with Crippen molar-refractivity contribution >= 4 is 29.2 Å². The van der Waals surface area contributed by atoms with Crippen molar-refractivity contribution in [2.75, 3.05) is 38.6 Å². The number of carbonyl (C=O) groups excluding carboxylic acids is 2. The molecule has 0 saturated heterocycles. The number of likely N-dealkylation sites (N-methyl/N-ethyl adjacent to an activating group) is 1. The van der Waals surface area contributed by atoms with Crippen LogP contribution in [0, 0.1) is 6.92 Å². The maximum absolute atomic E-state index is 12.7. The van der Waals surface area contributed by atoms with Crippen molar-refractivity contribution in [1.29, 1.82) is 0 Å². The molecule has 8 heteroatoms. The smallest absolute Gasteiger partial charge is 0.323 e. The number of amides is 3. The Kier molecular flexibility index (Phi) is 9.62. The summed E-state index contributed by atoms with van der Waals surface area (Å²) in [6.07, 6.45) is 5.66. The van der Waals surface area contributed by atoms with Gasteiger partial charge in [-0.15, -0.1) is 0 Å². The first kappa shape index (κ1) is 24.5. The summed E-state index contributed by atoms with van der Waals surface area (Å²) in [7, 11) is 1.50. The van der Waals surface area contributed by atoms with Gasteiger partial charge in [-0.1, -0.05) is 31.5 Å². The first-order valence-electron chi connectivity index (χ1n) is 10.4. The maximum Gasteiger partial charge on any atom is 0.323 e. The fraction of sp³-hybridized carbons (Fsp3) is 0.391. The van der Waals surface area contributed by atoms with E-state index in [1.54, 1.807) is 18.2 Å². The van der Waals surface area contributed by atoms with Crippen molar-refractivity contribution < 1.29 is 14.3 Å². The number of benzene rings is 1. The van der Waals surface area contributed by atoms with Gasteiger partial charge in [0.05, 0.1) is 12.7 Å². The van der Waals surface area contributed by atoms with Gasteiger partial charge in [0.25, 0.3) is 5.91 Å². The molecule has 0 spiro atoms. The molecular weight excluding hydrogens is 416 g/mol. The number of anilines is 1. The molecule has 0 aliphatic heterocycles. The maximum atomic E-state index is 12.7. The highest BCUT2D eigenvalue weighted by Crippen LogP contribution is 2.20. The van der Waals surface area contributed by atoms with Gasteiger partial charge in [0.15, 0.2) is 0 Å². The van der Waals surface area contributed by atoms with Gasteiger partial charge < -0.3 is 25.6 Å². The molecule has 3 amide bonds. The molecule has 1 aliphatic rings. The first-order chi connectivity index (χ1) is 14.9. The third kappa shape index (κ3) is 7.77. The van der Waals surface area contributed by atoms with E-state index in [4.69, 9.17) is 16.3 Å². The minimum Gasteiger partial charge on any atom is -0.496 e. The minimum absolute atomic E-state index is 0.211. The normalized spacial score (nSPS) is 13.5. The SMILES string of the molecule is CCN(CC)CCNC(=O)C1=C(OC)C=C(NC(=O)Nc2cc(C)cc(Cl)c2)CC=C1. The van der Waals surface area contributed by atoms with Crippen LogP contribution in [-0.4, -0.2) is 50.1 Å². The average molecular weight is 447 g/mol. The zero-order valence-electron chi connectivity index (χ0n) is 18.5. The van der Waals surface area contributed by atoms with E-state index in [9.17, 15) is 9.59 Å². The fourth-order valence-electron chi connectivity index (χ4n) is 3.20. The summed E-state index contributed by atoms with van der Waals surface area (Å²) in [6, 6.07) is 4.92. The van der Waals surface area contributed by atoms with Gasteiger partial charge in [-0.3, -0.25) is 4.79 Å². The van der Waals surface area contributed by atoms with Gasteiger partial charge >= 0.3 is 6.03 Å². The Morgan fingerprint density at radius 3 is 2.55 bits per heavy atom. The largest absolute Gasteiger partial charge is 0.496 e. The number of nitrogens with zero attached hydrogens (tertiary/aromatic N) is 1. The molecule has 0 aromatic heterocycles. The summed E-state index contributed by atoms with van der Waals surface area (Å²) in [5, 5.41) is 9.06. The monoisotopic (exact) mass is 446 g/mol. The van der Waals surface area contributed by atoms with Gasteiger partial charge in [-0.05, 0) is 49.9 Å². The molecule has 2 rings (SSSR count). The van der Waals surface area contributed by atoms with E-state index in [0.717, 1.165) is 25.2 Å². The Morgan fingerprint density at radius 1 is 1.16 bits per heavy atom. The lowest BCUT2D eigenvalue weighted by Crippen LogP contribution is -2.35. The van der Waals surface area contributed by atoms with Crippen molar-refractivity contribution in [3.63, 3.8) is 0 Å². The van der Waals surface area contributed by atoms with Gasteiger partial charge in [0.2, 0.25) is 0 Å². The molecule has 0 unspecified atom stereocenters. The summed E-state index contributed by atoms with van der Waals surface area (Å²) in [4.78, 5) is 27.3. The Morgan fingerprint density at radius 2 is 1.90 bits per heavy atom. The number of carbonyl (C=O) groups is 2. The number of nitrogens with one attached hydrogen (secondary N) is 3. The number of ether oxygens (including phenoxy) is 1. The predicted molar refractivity (Wildman–Crippen MR) is 125 cm³/mol. The molecule has 1 aromatic rings. The van der Waals surface area contributed by atoms with E-state index in [1.807, 2.05) is 25.1 Å². The molecule has 3 N–H and O–H groups in total. The van der Waals surface area contributed by atoms with Crippen LogP contribution >= 0.6 is 11.6 Å². The summed E-state index contributed by atoms with van der Waals surface area (Å²) in [5.74, 6) is 0.180. The second kappa shape index (κ2) is 12.2. The molecule has 168 valence electrons. The van der Waals surface area contributed by atoms with Gasteiger partial charge in [-0.2, -0.15) is 0 Å². The fourth-order valence-corrected chi connectivity index (χ4v) is 3.49. The lowest BCUT2D eigenvalue weighted by atomic mass is 10.2. The van der Waals surface area contributed by atoms with E-state index in [-0.39, 0.29) is 5.91 Å². The molecule has 0 saturated carbocycles. The standard InChI is InChI=1S/C23H31ClN4O3/c1-5-28(6-2)11-10-25-22(29)20-9-7-8-18(15-21(20)31-4)26-23(30)27-19-13-16(3)12-17(24)14-19/h7,9,12-15H,5-6,8,10-11H2,1-4H3,(H,25,29)(H2,26,27,30). The highest BCUT2D eigenvalue weighted by molar-refractivity contribution is 6.31. The molecule has 1 aliphatic carbocycles. The molecule has 0 radical (unpaired) electrons. The van der Waals surface area contributed by atoms with Crippen LogP contribution in [0.25, 0.3) is 0 Å². The average Bonchev–Trinajstić information content (AvgIpc) is 2.92. The van der Waals surface area contributed by atoms with Crippen LogP contribution in [0.15, 0.2) is 53.5 Å². The van der Waals surface area contributed by atoms with E-state index < -0.39 is 6.03 Å². The van der Waals surface area contributed by atoms with Gasteiger partial charge in [-0.25, -0.2) is 4.79 Å². The summed E-state index contributed by atoms with van der Waals surface area (Å²) < 4.78 is 5.43. The Bertz CT molecular complexity index is 869. The van der Waals surface area contributed by atoms with E-state index in [2.05, 4.69) is 34.7 Å². The second-order valence-electron chi connectivity index (χ2n) is 7.14. The van der Waals surface area contributed by atoms with Crippen LogP contribution in [0.1, 0.15) is 25.8 Å². The first-order valence-corrected chi connectivity index (χ1v) is 10.7. The van der Waals surface area contributed by atoms with Crippen LogP contribution in [0.4, 0.5) is 10.5 Å². The number of hydrogen-bond acceptors (Lipinski definition) is 4. The van der Waals surface area contributed by atoms with Crippen LogP contribution in [0.2, 0.25) is 5.02 Å². The minimum atomic E-state index is -0.399. The van der Waals surface area contributed by atoms with Crippen molar-refractivity contribution in [2.24, 2.45) is 0 Å². The van der Waals surface area contributed by atoms with Crippen LogP contribution in [0.5, 0.6) is 0 Å². The quantitative estimate of drug-likeness (QED) is 0.536. The molecule has 0 heterocycles. The number of allylic oxidation sites excluding steroid dienone is 2. The number of hydrogen-bond donors (Lipinski definition) is 3. The molecular formula is C23H31ClN4O3. The van der Waals surface area contributed by atoms with Crippen molar-refractivity contribution in [2.45, 2.75) is 27.2 Å². The zero-order chi connectivity index (χ0) is 22.8. The molecule has 0 fully saturated rings. The summed E-state index contributed by atoms with van der Waals surface area (Å²) >= 11 is 6.05. The lowest BCUT2D eigenvalue weighted by molar-refractivity contribution is -0.117. The molecule has 7 nitrogen and oxygen atoms in total. The van der Waals surface area contributed by atoms with E-state index in [1.165, 1.54) is 7.11 Å². The summed E-state index contributed by atoms with van der Waals surface area (Å²) in [6.45, 7) is 9.29. The number of halogens is 1. The van der Waals surface area contributed by atoms with Crippen molar-refractivity contribution in [3.05, 3.63) is 64.0 Å². The summed E-state index contributed by atoms with van der Waals surface area (Å²) in [5.41, 5.74) is 2.57. The van der Waals surface area contributed by atoms with Crippen LogP contribution < -0.4 is 16.0 Å². The Balaban J connectivity index is 2.05. The molecule has 31 heavy (non-hydrogen) atoms. The highest BCUT2D eigenvalue weighted by Gasteiger charge is 2.16. The second-order valence-corrected chi connectivity index (χ2v) is 7.57. The van der Waals surface area contributed by atoms with Gasteiger partial charge in [0, 0.05) is 42.0 Å². The molecule has 1 aromatic carbocycles. The number of methoxy groups -OCH3 is 1. The third-order valence-electron chi connectivity index (χ3n) is 4.84. The molecule has 0 bridgehead atoms. The number of aryl methyl sites for hydroxylation is 1. The van der Waals surface area contributed by atoms with Crippen LogP contribution in [-0.2, 0) is 9.53 Å². The van der Waals surface area contributed by atoms with Gasteiger partial charge in [0.1, 0.15) is 5.76 Å². The number of urea groups is 1. The molecule has 0 atom stereocenters. The lowest BCUT2D eigenvalue weighted by Gasteiger charge is -2.18. The number of rotatable bonds is 9. The van der Waals surface area contributed by atoms with Crippen molar-refractivity contribution in [1.82, 2.24) is 15.5 Å². The highest BCUT2D eigenvalue weighted by atomic mass is 35.5. The third-order valence-corrected chi connectivity index (χ3v) is 5.06. The zero-order valence-corrected chi connectivity index (χ0v) is 19.3.